The van der Waals surface area contributed by atoms with Crippen molar-refractivity contribution in [1.82, 2.24) is 9.88 Å². The van der Waals surface area contributed by atoms with Crippen LogP contribution in [0.3, 0.4) is 0 Å². The summed E-state index contributed by atoms with van der Waals surface area (Å²) in [5.41, 5.74) is 6.75. The Morgan fingerprint density at radius 2 is 2.44 bits per heavy atom. The number of carbonyl (C=O) groups excluding carboxylic acids is 1. The minimum atomic E-state index is 0.236. The van der Waals surface area contributed by atoms with Gasteiger partial charge in [0.2, 0.25) is 5.91 Å². The molecule has 0 aromatic carbocycles. The summed E-state index contributed by atoms with van der Waals surface area (Å²) >= 11 is 0. The molecule has 1 unspecified atom stereocenters. The van der Waals surface area contributed by atoms with E-state index in [1.54, 1.807) is 6.20 Å². The lowest BCUT2D eigenvalue weighted by Crippen LogP contribution is -2.28. The van der Waals surface area contributed by atoms with Crippen molar-refractivity contribution in [3.63, 3.8) is 0 Å². The van der Waals surface area contributed by atoms with Gasteiger partial charge in [-0.25, -0.2) is 0 Å². The molecule has 0 aliphatic carbocycles. The number of hydrogen-bond acceptors (Lipinski definition) is 3. The number of pyridine rings is 1. The van der Waals surface area contributed by atoms with Gasteiger partial charge in [-0.05, 0) is 30.5 Å². The molecule has 86 valence electrons. The van der Waals surface area contributed by atoms with Gasteiger partial charge in [-0.1, -0.05) is 6.07 Å². The van der Waals surface area contributed by atoms with Crippen LogP contribution in [0.25, 0.3) is 0 Å². The fraction of sp³-hybridized carbons (Fsp3) is 0.500. The predicted octanol–water partition coefficient (Wildman–Crippen LogP) is 0.431. The van der Waals surface area contributed by atoms with Gasteiger partial charge in [-0.3, -0.25) is 9.78 Å². The van der Waals surface area contributed by atoms with E-state index in [1.165, 1.54) is 5.56 Å². The topological polar surface area (TPSA) is 59.2 Å². The number of rotatable bonds is 4. The monoisotopic (exact) mass is 219 g/mol. The number of likely N-dealkylation sites (tertiary alicyclic amines) is 1. The first-order chi connectivity index (χ1) is 7.79. The van der Waals surface area contributed by atoms with Crippen LogP contribution in [0.4, 0.5) is 0 Å². The Hall–Kier alpha value is -1.42. The Bertz CT molecular complexity index is 353. The highest BCUT2D eigenvalue weighted by Crippen LogP contribution is 2.16. The van der Waals surface area contributed by atoms with E-state index in [1.807, 2.05) is 23.2 Å². The first kappa shape index (κ1) is 11.1. The van der Waals surface area contributed by atoms with Crippen LogP contribution >= 0.6 is 0 Å². The summed E-state index contributed by atoms with van der Waals surface area (Å²) in [7, 11) is 0. The number of aromatic nitrogens is 1. The van der Waals surface area contributed by atoms with Crippen LogP contribution < -0.4 is 5.73 Å². The molecular weight excluding hydrogens is 202 g/mol. The van der Waals surface area contributed by atoms with Crippen molar-refractivity contribution in [3.8, 4) is 0 Å². The van der Waals surface area contributed by atoms with E-state index in [9.17, 15) is 4.79 Å². The number of nitrogens with zero attached hydrogens (tertiary/aromatic N) is 2. The Labute approximate surface area is 95.5 Å². The van der Waals surface area contributed by atoms with Crippen molar-refractivity contribution in [3.05, 3.63) is 30.1 Å². The maximum Gasteiger partial charge on any atom is 0.222 e. The van der Waals surface area contributed by atoms with Crippen molar-refractivity contribution in [1.29, 1.82) is 0 Å². The second-order valence-electron chi connectivity index (χ2n) is 4.26. The van der Waals surface area contributed by atoms with Crippen molar-refractivity contribution in [2.45, 2.75) is 12.8 Å². The number of nitrogens with two attached hydrogens (primary N) is 1. The minimum absolute atomic E-state index is 0.236. The van der Waals surface area contributed by atoms with Gasteiger partial charge in [-0.2, -0.15) is 0 Å². The molecule has 0 radical (unpaired) electrons. The lowest BCUT2D eigenvalue weighted by atomic mass is 10.1. The molecule has 1 aromatic heterocycles. The van der Waals surface area contributed by atoms with Gasteiger partial charge in [0.15, 0.2) is 0 Å². The van der Waals surface area contributed by atoms with Crippen LogP contribution in [-0.2, 0) is 11.2 Å². The van der Waals surface area contributed by atoms with Gasteiger partial charge in [0.1, 0.15) is 0 Å². The maximum absolute atomic E-state index is 11.6. The largest absolute Gasteiger partial charge is 0.342 e. The second kappa shape index (κ2) is 5.07. The third-order valence-corrected chi connectivity index (χ3v) is 3.02. The Kier molecular flexibility index (Phi) is 3.51. The highest BCUT2D eigenvalue weighted by molar-refractivity contribution is 5.78. The zero-order valence-corrected chi connectivity index (χ0v) is 9.30. The van der Waals surface area contributed by atoms with E-state index in [-0.39, 0.29) is 5.91 Å². The molecule has 2 N–H and O–H groups in total. The molecule has 0 bridgehead atoms. The second-order valence-corrected chi connectivity index (χ2v) is 4.26. The quantitative estimate of drug-likeness (QED) is 0.799. The van der Waals surface area contributed by atoms with Gasteiger partial charge in [0.05, 0.1) is 0 Å². The molecule has 16 heavy (non-hydrogen) atoms. The van der Waals surface area contributed by atoms with E-state index in [0.29, 0.717) is 18.9 Å². The lowest BCUT2D eigenvalue weighted by molar-refractivity contribution is -0.127. The summed E-state index contributed by atoms with van der Waals surface area (Å²) in [6, 6.07) is 3.96. The van der Waals surface area contributed by atoms with Gasteiger partial charge in [0.25, 0.3) is 0 Å². The zero-order chi connectivity index (χ0) is 11.4. The maximum atomic E-state index is 11.6. The molecule has 0 spiro atoms. The molecule has 1 saturated heterocycles. The first-order valence-electron chi connectivity index (χ1n) is 5.66. The first-order valence-corrected chi connectivity index (χ1v) is 5.66. The Morgan fingerprint density at radius 1 is 1.56 bits per heavy atom. The number of hydrogen-bond donors (Lipinski definition) is 1. The summed E-state index contributed by atoms with van der Waals surface area (Å²) in [6.07, 6.45) is 5.09. The number of amides is 1. The molecule has 2 heterocycles. The minimum Gasteiger partial charge on any atom is -0.342 e. The molecule has 1 aromatic rings. The fourth-order valence-corrected chi connectivity index (χ4v) is 2.04. The van der Waals surface area contributed by atoms with Crippen molar-refractivity contribution in [2.75, 3.05) is 19.6 Å². The van der Waals surface area contributed by atoms with Crippen molar-refractivity contribution >= 4 is 5.91 Å². The molecule has 1 aliphatic rings. The van der Waals surface area contributed by atoms with E-state index in [2.05, 4.69) is 4.98 Å². The molecule has 2 rings (SSSR count). The fourth-order valence-electron chi connectivity index (χ4n) is 2.04. The van der Waals surface area contributed by atoms with Crippen LogP contribution in [0.15, 0.2) is 24.5 Å². The van der Waals surface area contributed by atoms with Crippen molar-refractivity contribution in [2.24, 2.45) is 11.7 Å². The highest BCUT2D eigenvalue weighted by atomic mass is 16.2. The average molecular weight is 219 g/mol. The lowest BCUT2D eigenvalue weighted by Gasteiger charge is -2.15. The molecule has 0 saturated carbocycles. The third kappa shape index (κ3) is 2.58. The highest BCUT2D eigenvalue weighted by Gasteiger charge is 2.27. The molecule has 4 nitrogen and oxygen atoms in total. The molecular formula is C12H17N3O. The SMILES string of the molecule is NCC1CC(=O)N(CCc2cccnc2)C1. The van der Waals surface area contributed by atoms with Gasteiger partial charge in [-0.15, -0.1) is 0 Å². The Balaban J connectivity index is 1.85. The third-order valence-electron chi connectivity index (χ3n) is 3.02. The van der Waals surface area contributed by atoms with E-state index in [4.69, 9.17) is 5.73 Å². The normalized spacial score (nSPS) is 20.4. The summed E-state index contributed by atoms with van der Waals surface area (Å²) in [6.45, 7) is 2.20. The van der Waals surface area contributed by atoms with Crippen LogP contribution in [0, 0.1) is 5.92 Å². The average Bonchev–Trinajstić information content (AvgIpc) is 2.69. The number of carbonyl (C=O) groups is 1. The predicted molar refractivity (Wildman–Crippen MR) is 61.7 cm³/mol. The van der Waals surface area contributed by atoms with Crippen LogP contribution in [0.1, 0.15) is 12.0 Å². The summed E-state index contributed by atoms with van der Waals surface area (Å²) in [5.74, 6) is 0.584. The molecule has 1 amide bonds. The zero-order valence-electron chi connectivity index (χ0n) is 9.30. The van der Waals surface area contributed by atoms with Gasteiger partial charge < -0.3 is 10.6 Å². The van der Waals surface area contributed by atoms with Crippen LogP contribution in [0.5, 0.6) is 0 Å². The smallest absolute Gasteiger partial charge is 0.222 e. The van der Waals surface area contributed by atoms with E-state index >= 15 is 0 Å². The molecule has 1 atom stereocenters. The van der Waals surface area contributed by atoms with Crippen LogP contribution in [-0.4, -0.2) is 35.4 Å². The molecule has 1 aliphatic heterocycles. The van der Waals surface area contributed by atoms with E-state index < -0.39 is 0 Å². The Morgan fingerprint density at radius 3 is 3.06 bits per heavy atom. The molecule has 1 fully saturated rings. The summed E-state index contributed by atoms with van der Waals surface area (Å²) in [5, 5.41) is 0. The van der Waals surface area contributed by atoms with Gasteiger partial charge in [0, 0.05) is 31.9 Å². The summed E-state index contributed by atoms with van der Waals surface area (Å²) < 4.78 is 0. The standard InChI is InChI=1S/C12H17N3O/c13-7-11-6-12(16)15(9-11)5-3-10-2-1-4-14-8-10/h1-2,4,8,11H,3,5-7,9,13H2. The van der Waals surface area contributed by atoms with Crippen LogP contribution in [0.2, 0.25) is 0 Å². The van der Waals surface area contributed by atoms with Crippen molar-refractivity contribution < 1.29 is 4.79 Å². The molecule has 4 heteroatoms. The summed E-state index contributed by atoms with van der Waals surface area (Å²) in [4.78, 5) is 17.6. The van der Waals surface area contributed by atoms with E-state index in [0.717, 1.165) is 19.5 Å². The van der Waals surface area contributed by atoms with Gasteiger partial charge >= 0.3 is 0 Å².